The molecule has 1 aliphatic carbocycles. The van der Waals surface area contributed by atoms with Gasteiger partial charge in [0.2, 0.25) is 0 Å². The van der Waals surface area contributed by atoms with Crippen molar-refractivity contribution >= 4 is 22.8 Å². The summed E-state index contributed by atoms with van der Waals surface area (Å²) in [5.41, 5.74) is 0.154. The van der Waals surface area contributed by atoms with Gasteiger partial charge < -0.3 is 0 Å². The van der Waals surface area contributed by atoms with Crippen LogP contribution in [0.4, 0.5) is 38.9 Å². The minimum Gasteiger partial charge on any atom is -0.294 e. The van der Waals surface area contributed by atoms with Crippen molar-refractivity contribution in [2.45, 2.75) is 18.5 Å². The molecule has 0 bridgehead atoms. The van der Waals surface area contributed by atoms with Gasteiger partial charge in [-0.1, -0.05) is 23.8 Å². The highest BCUT2D eigenvalue weighted by Crippen LogP contribution is 2.84. The average Bonchev–Trinajstić information content (AvgIpc) is 2.85. The van der Waals surface area contributed by atoms with E-state index >= 15 is 0 Å². The zero-order valence-corrected chi connectivity index (χ0v) is 14.5. The fourth-order valence-electron chi connectivity index (χ4n) is 1.79. The lowest BCUT2D eigenvalue weighted by atomic mass is 10.3. The molecule has 0 aromatic carbocycles. The maximum Gasteiger partial charge on any atom is 0.472 e. The van der Waals surface area contributed by atoms with Crippen molar-refractivity contribution in [1.29, 1.82) is 0 Å². The molecule has 3 atom stereocenters. The van der Waals surface area contributed by atoms with Crippen molar-refractivity contribution in [3.05, 3.63) is 23.8 Å². The Morgan fingerprint density at radius 2 is 1.64 bits per heavy atom. The van der Waals surface area contributed by atoms with Gasteiger partial charge in [-0.25, -0.2) is 0 Å². The molecule has 16 heteroatoms. The molecular formula is C9H9F9N3OP3. The zero-order chi connectivity index (χ0) is 19.1. The van der Waals surface area contributed by atoms with Gasteiger partial charge in [-0.3, -0.25) is 4.52 Å². The number of hydrogen-bond donors (Lipinski definition) is 0. The highest BCUT2D eigenvalue weighted by molar-refractivity contribution is 7.81. The standard InChI is InChI=1S/C9H9F9N3OP3/c10-8(11,12)6-22-25(18)20-23(16,5-7-3-1-2-4-7)19-24(17,21-25)9(13,14)15/h1-3H,4-6H2. The van der Waals surface area contributed by atoms with Crippen molar-refractivity contribution in [1.82, 2.24) is 0 Å². The van der Waals surface area contributed by atoms with E-state index < -0.39 is 47.6 Å². The predicted molar refractivity (Wildman–Crippen MR) is 76.1 cm³/mol. The maximum atomic E-state index is 14.7. The minimum absolute atomic E-state index is 0.0960. The van der Waals surface area contributed by atoms with Crippen molar-refractivity contribution in [3.63, 3.8) is 0 Å². The molecule has 0 spiro atoms. The Morgan fingerprint density at radius 3 is 2.12 bits per heavy atom. The van der Waals surface area contributed by atoms with E-state index in [1.807, 2.05) is 0 Å². The average molecular weight is 439 g/mol. The van der Waals surface area contributed by atoms with Crippen LogP contribution in [0.25, 0.3) is 0 Å². The van der Waals surface area contributed by atoms with Crippen molar-refractivity contribution in [2.24, 2.45) is 13.5 Å². The fraction of sp³-hybridized carbons (Fsp3) is 0.556. The lowest BCUT2D eigenvalue weighted by Crippen LogP contribution is -2.15. The number of alkyl halides is 6. The van der Waals surface area contributed by atoms with Crippen LogP contribution in [0.5, 0.6) is 0 Å². The third kappa shape index (κ3) is 5.25. The van der Waals surface area contributed by atoms with Crippen LogP contribution in [0.1, 0.15) is 6.42 Å². The van der Waals surface area contributed by atoms with Gasteiger partial charge >= 0.3 is 27.4 Å². The first-order valence-corrected chi connectivity index (χ1v) is 11.1. The quantitative estimate of drug-likeness (QED) is 0.325. The van der Waals surface area contributed by atoms with Gasteiger partial charge in [0.05, 0.1) is 6.16 Å². The molecule has 1 heterocycles. The van der Waals surface area contributed by atoms with E-state index in [4.69, 9.17) is 0 Å². The molecule has 0 fully saturated rings. The molecule has 0 saturated carbocycles. The first kappa shape index (κ1) is 20.8. The molecule has 0 aromatic rings. The van der Waals surface area contributed by atoms with Crippen molar-refractivity contribution < 1.29 is 43.5 Å². The summed E-state index contributed by atoms with van der Waals surface area (Å²) in [6, 6.07) is 0. The molecule has 0 aromatic heterocycles. The van der Waals surface area contributed by atoms with E-state index in [2.05, 4.69) is 18.1 Å². The molecule has 4 nitrogen and oxygen atoms in total. The van der Waals surface area contributed by atoms with Gasteiger partial charge in [-0.15, -0.1) is 0 Å². The number of nitrogens with zero attached hydrogens (tertiary/aromatic N) is 3. The molecule has 2 rings (SSSR count). The van der Waals surface area contributed by atoms with Crippen LogP contribution in [0.3, 0.4) is 0 Å². The maximum absolute atomic E-state index is 14.7. The summed E-state index contributed by atoms with van der Waals surface area (Å²) in [5.74, 6) is -5.87. The lowest BCUT2D eigenvalue weighted by molar-refractivity contribution is -0.153. The predicted octanol–water partition coefficient (Wildman–Crippen LogP) is 7.90. The summed E-state index contributed by atoms with van der Waals surface area (Å²) < 4.78 is 129. The summed E-state index contributed by atoms with van der Waals surface area (Å²) in [6.45, 7) is -2.38. The highest BCUT2D eigenvalue weighted by Gasteiger charge is 2.56. The summed E-state index contributed by atoms with van der Waals surface area (Å²) in [6.07, 6.45) is -1.79. The van der Waals surface area contributed by atoms with E-state index in [9.17, 15) is 38.9 Å². The lowest BCUT2D eigenvalue weighted by Gasteiger charge is -2.25. The van der Waals surface area contributed by atoms with Crippen LogP contribution in [0.2, 0.25) is 0 Å². The first-order chi connectivity index (χ1) is 11.2. The van der Waals surface area contributed by atoms with Gasteiger partial charge in [0.1, 0.15) is 0 Å². The minimum atomic E-state index is -6.46. The Balaban J connectivity index is 2.52. The third-order valence-electron chi connectivity index (χ3n) is 2.70. The van der Waals surface area contributed by atoms with Crippen LogP contribution in [-0.4, -0.2) is 24.9 Å². The van der Waals surface area contributed by atoms with Gasteiger partial charge in [0, 0.05) is 0 Å². The normalized spacial score (nSPS) is 35.6. The topological polar surface area (TPSA) is 46.3 Å². The summed E-state index contributed by atoms with van der Waals surface area (Å²) in [4.78, 5) is 0. The Labute approximate surface area is 135 Å². The summed E-state index contributed by atoms with van der Waals surface area (Å²) in [5, 5.41) is 0. The summed E-state index contributed by atoms with van der Waals surface area (Å²) in [7, 11) is -17.5. The number of rotatable bonds is 4. The van der Waals surface area contributed by atoms with Crippen LogP contribution in [0.15, 0.2) is 37.3 Å². The second kappa shape index (κ2) is 6.59. The molecule has 0 N–H and O–H groups in total. The van der Waals surface area contributed by atoms with Crippen molar-refractivity contribution in [2.75, 3.05) is 12.8 Å². The zero-order valence-electron chi connectivity index (χ0n) is 11.8. The molecule has 1 aliphatic heterocycles. The van der Waals surface area contributed by atoms with Crippen LogP contribution in [-0.2, 0) is 4.52 Å². The van der Waals surface area contributed by atoms with E-state index in [0.29, 0.717) is 0 Å². The molecule has 0 radical (unpaired) electrons. The molecule has 25 heavy (non-hydrogen) atoms. The van der Waals surface area contributed by atoms with Crippen LogP contribution >= 0.6 is 22.8 Å². The van der Waals surface area contributed by atoms with E-state index in [1.165, 1.54) is 18.2 Å². The number of hydrogen-bond acceptors (Lipinski definition) is 4. The Hall–Kier alpha value is -0.500. The fourth-order valence-corrected chi connectivity index (χ4v) is 9.95. The van der Waals surface area contributed by atoms with Crippen LogP contribution < -0.4 is 0 Å². The smallest absolute Gasteiger partial charge is 0.294 e. The number of halogens is 9. The summed E-state index contributed by atoms with van der Waals surface area (Å²) >= 11 is 0. The van der Waals surface area contributed by atoms with Gasteiger partial charge in [0.15, 0.2) is 6.61 Å². The second-order valence-corrected chi connectivity index (χ2v) is 11.4. The molecular weight excluding hydrogens is 430 g/mol. The molecule has 144 valence electrons. The molecule has 0 saturated heterocycles. The third-order valence-corrected chi connectivity index (χ3v) is 10.5. The SMILES string of the molecule is FC(F)(F)COP1(F)=NP(F)(CC2=CC=CC2)=NP(F)(C(F)(F)F)=N1. The molecule has 3 unspecified atom stereocenters. The Kier molecular flexibility index (Phi) is 5.48. The van der Waals surface area contributed by atoms with E-state index in [1.54, 1.807) is 0 Å². The van der Waals surface area contributed by atoms with Crippen molar-refractivity contribution in [3.8, 4) is 0 Å². The van der Waals surface area contributed by atoms with E-state index in [0.717, 1.165) is 0 Å². The van der Waals surface area contributed by atoms with Gasteiger partial charge in [-0.2, -0.15) is 52.5 Å². The van der Waals surface area contributed by atoms with Gasteiger partial charge in [-0.05, 0) is 6.42 Å². The molecule has 2 aliphatic rings. The Bertz CT molecular complexity index is 779. The van der Waals surface area contributed by atoms with Crippen LogP contribution in [0, 0.1) is 0 Å². The van der Waals surface area contributed by atoms with E-state index in [-0.39, 0.29) is 12.0 Å². The molecule has 0 amide bonds. The number of allylic oxidation sites excluding steroid dienone is 4. The second-order valence-electron chi connectivity index (χ2n) is 4.88. The Morgan fingerprint density at radius 1 is 1.00 bits per heavy atom. The highest BCUT2D eigenvalue weighted by atomic mass is 31.3. The van der Waals surface area contributed by atoms with Gasteiger partial charge in [0.25, 0.3) is 7.52 Å². The monoisotopic (exact) mass is 439 g/mol. The largest absolute Gasteiger partial charge is 0.472 e. The first-order valence-electron chi connectivity index (χ1n) is 6.28.